The van der Waals surface area contributed by atoms with E-state index in [-0.39, 0.29) is 11.7 Å². The summed E-state index contributed by atoms with van der Waals surface area (Å²) in [5.74, 6) is 0.183. The van der Waals surface area contributed by atoms with Crippen LogP contribution in [0.3, 0.4) is 0 Å². The second kappa shape index (κ2) is 11.7. The van der Waals surface area contributed by atoms with Crippen molar-refractivity contribution in [1.29, 1.82) is 0 Å². The van der Waals surface area contributed by atoms with Crippen molar-refractivity contribution < 1.29 is 13.9 Å². The van der Waals surface area contributed by atoms with Crippen LogP contribution in [0.5, 0.6) is 5.75 Å². The smallest absolute Gasteiger partial charge is 0.251 e. The summed E-state index contributed by atoms with van der Waals surface area (Å²) in [4.78, 5) is 18.8. The number of hydrogen-bond acceptors (Lipinski definition) is 5. The average molecular weight is 468 g/mol. The van der Waals surface area contributed by atoms with Crippen molar-refractivity contribution in [2.75, 3.05) is 40.1 Å². The Labute approximate surface area is 200 Å². The molecule has 0 aliphatic carbocycles. The molecule has 0 aliphatic rings. The van der Waals surface area contributed by atoms with Gasteiger partial charge in [-0.2, -0.15) is 0 Å². The zero-order valence-electron chi connectivity index (χ0n) is 20.6. The molecule has 34 heavy (non-hydrogen) atoms. The molecule has 3 aromatic rings. The van der Waals surface area contributed by atoms with Gasteiger partial charge in [0.25, 0.3) is 5.91 Å². The Bertz CT molecular complexity index is 1130. The monoisotopic (exact) mass is 467 g/mol. The van der Waals surface area contributed by atoms with Gasteiger partial charge < -0.3 is 24.8 Å². The highest BCUT2D eigenvalue weighted by molar-refractivity contribution is 5.94. The molecular formula is C26H34FN5O2. The van der Waals surface area contributed by atoms with Gasteiger partial charge in [-0.25, -0.2) is 9.37 Å². The van der Waals surface area contributed by atoms with Gasteiger partial charge in [-0.05, 0) is 68.2 Å². The van der Waals surface area contributed by atoms with E-state index in [1.807, 2.05) is 12.3 Å². The third-order valence-corrected chi connectivity index (χ3v) is 5.73. The average Bonchev–Trinajstić information content (AvgIpc) is 3.29. The van der Waals surface area contributed by atoms with Crippen LogP contribution < -0.4 is 15.4 Å². The number of amides is 1. The van der Waals surface area contributed by atoms with Crippen LogP contribution in [-0.4, -0.2) is 55.2 Å². The van der Waals surface area contributed by atoms with Crippen LogP contribution in [0.2, 0.25) is 0 Å². The molecule has 0 saturated heterocycles. The van der Waals surface area contributed by atoms with Crippen LogP contribution in [0.25, 0.3) is 0 Å². The molecule has 2 heterocycles. The van der Waals surface area contributed by atoms with Crippen molar-refractivity contribution in [3.8, 4) is 5.75 Å². The summed E-state index contributed by atoms with van der Waals surface area (Å²) in [6, 6.07) is 7.15. The Balaban J connectivity index is 1.72. The number of nitrogens with zero attached hydrogens (tertiary/aromatic N) is 3. The minimum absolute atomic E-state index is 0.0699. The van der Waals surface area contributed by atoms with E-state index in [1.165, 1.54) is 13.2 Å². The Morgan fingerprint density at radius 2 is 2.00 bits per heavy atom. The van der Waals surface area contributed by atoms with E-state index in [1.54, 1.807) is 13.1 Å². The number of carbonyl (C=O) groups is 1. The molecule has 0 radical (unpaired) electrons. The summed E-state index contributed by atoms with van der Waals surface area (Å²) in [7, 11) is 7.07. The SMILES string of the molecule is CCc1cc(CCc2cc(C(=O)NC)cc(OC)c2F)cnc1Nc1ccn(CCN(C)C)c1. The summed E-state index contributed by atoms with van der Waals surface area (Å²) in [6.07, 6.45) is 7.80. The number of benzene rings is 1. The van der Waals surface area contributed by atoms with Gasteiger partial charge >= 0.3 is 0 Å². The first-order valence-electron chi connectivity index (χ1n) is 11.5. The van der Waals surface area contributed by atoms with Gasteiger partial charge in [0.1, 0.15) is 5.82 Å². The first-order chi connectivity index (χ1) is 16.3. The predicted molar refractivity (Wildman–Crippen MR) is 134 cm³/mol. The summed E-state index contributed by atoms with van der Waals surface area (Å²) >= 11 is 0. The number of carbonyl (C=O) groups excluding carboxylic acids is 1. The van der Waals surface area contributed by atoms with E-state index < -0.39 is 5.82 Å². The van der Waals surface area contributed by atoms with Crippen molar-refractivity contribution in [3.05, 3.63) is 70.9 Å². The first kappa shape index (κ1) is 25.2. The third kappa shape index (κ3) is 6.35. The first-order valence-corrected chi connectivity index (χ1v) is 11.5. The van der Waals surface area contributed by atoms with Crippen LogP contribution in [-0.2, 0) is 25.8 Å². The van der Waals surface area contributed by atoms with Crippen molar-refractivity contribution >= 4 is 17.4 Å². The zero-order valence-corrected chi connectivity index (χ0v) is 20.6. The lowest BCUT2D eigenvalue weighted by Crippen LogP contribution is -2.18. The fraction of sp³-hybridized carbons (Fsp3) is 0.385. The van der Waals surface area contributed by atoms with E-state index >= 15 is 0 Å². The van der Waals surface area contributed by atoms with Crippen molar-refractivity contribution in [2.24, 2.45) is 0 Å². The number of likely N-dealkylation sites (N-methyl/N-ethyl adjacent to an activating group) is 1. The lowest BCUT2D eigenvalue weighted by molar-refractivity contribution is 0.0962. The number of anilines is 2. The lowest BCUT2D eigenvalue weighted by atomic mass is 10.0. The highest BCUT2D eigenvalue weighted by Crippen LogP contribution is 2.26. The molecule has 0 fully saturated rings. The maximum absolute atomic E-state index is 14.8. The molecule has 182 valence electrons. The normalized spacial score (nSPS) is 11.0. The molecule has 0 unspecified atom stereocenters. The molecule has 0 spiro atoms. The number of aryl methyl sites for hydroxylation is 3. The van der Waals surface area contributed by atoms with Gasteiger partial charge in [0.15, 0.2) is 11.6 Å². The van der Waals surface area contributed by atoms with E-state index in [4.69, 9.17) is 4.74 Å². The second-order valence-electron chi connectivity index (χ2n) is 8.50. The molecule has 1 aromatic carbocycles. The number of pyridine rings is 1. The molecule has 0 aliphatic heterocycles. The number of halogens is 1. The minimum Gasteiger partial charge on any atom is -0.494 e. The second-order valence-corrected chi connectivity index (χ2v) is 8.50. The van der Waals surface area contributed by atoms with Gasteiger partial charge in [0.05, 0.1) is 12.8 Å². The maximum Gasteiger partial charge on any atom is 0.251 e. The Morgan fingerprint density at radius 1 is 1.21 bits per heavy atom. The van der Waals surface area contributed by atoms with Gasteiger partial charge in [-0.3, -0.25) is 4.79 Å². The van der Waals surface area contributed by atoms with Crippen molar-refractivity contribution in [1.82, 2.24) is 19.8 Å². The highest BCUT2D eigenvalue weighted by atomic mass is 19.1. The third-order valence-electron chi connectivity index (χ3n) is 5.73. The molecule has 2 N–H and O–H groups in total. The number of rotatable bonds is 11. The molecule has 2 aromatic heterocycles. The number of hydrogen-bond donors (Lipinski definition) is 2. The topological polar surface area (TPSA) is 71.4 Å². The van der Waals surface area contributed by atoms with Gasteiger partial charge in [-0.15, -0.1) is 0 Å². The highest BCUT2D eigenvalue weighted by Gasteiger charge is 2.15. The molecule has 8 heteroatoms. The summed E-state index contributed by atoms with van der Waals surface area (Å²) < 4.78 is 22.1. The van der Waals surface area contributed by atoms with Gasteiger partial charge in [-0.1, -0.05) is 13.0 Å². The van der Waals surface area contributed by atoms with E-state index in [0.29, 0.717) is 24.0 Å². The Kier molecular flexibility index (Phi) is 8.65. The maximum atomic E-state index is 14.8. The van der Waals surface area contributed by atoms with E-state index in [0.717, 1.165) is 42.1 Å². The molecule has 3 rings (SSSR count). The molecule has 7 nitrogen and oxygen atoms in total. The molecule has 0 bridgehead atoms. The number of nitrogens with one attached hydrogen (secondary N) is 2. The summed E-state index contributed by atoms with van der Waals surface area (Å²) in [5, 5.41) is 5.99. The number of ether oxygens (including phenoxy) is 1. The molecule has 1 amide bonds. The van der Waals surface area contributed by atoms with Crippen molar-refractivity contribution in [3.63, 3.8) is 0 Å². The fourth-order valence-electron chi connectivity index (χ4n) is 3.73. The van der Waals surface area contributed by atoms with E-state index in [9.17, 15) is 9.18 Å². The van der Waals surface area contributed by atoms with Crippen LogP contribution >= 0.6 is 0 Å². The van der Waals surface area contributed by atoms with Gasteiger partial charge in [0, 0.05) is 44.3 Å². The van der Waals surface area contributed by atoms with Crippen LogP contribution in [0.15, 0.2) is 42.9 Å². The lowest BCUT2D eigenvalue weighted by Gasteiger charge is -2.13. The Hall–Kier alpha value is -3.39. The van der Waals surface area contributed by atoms with Crippen LogP contribution in [0.1, 0.15) is 34.0 Å². The minimum atomic E-state index is -0.434. The standard InChI is InChI=1S/C26H34FN5O2/c1-6-19-13-18(7-8-20-14-21(26(33)28-2)15-23(34-5)24(20)27)16-29-25(19)30-22-9-10-32(17-22)12-11-31(3)4/h9-10,13-17H,6-8,11-12H2,1-5H3,(H,28,33)(H,29,30). The largest absolute Gasteiger partial charge is 0.494 e. The molecule has 0 atom stereocenters. The zero-order chi connectivity index (χ0) is 24.7. The Morgan fingerprint density at radius 3 is 2.68 bits per heavy atom. The summed E-state index contributed by atoms with van der Waals surface area (Å²) in [5.41, 5.74) is 3.91. The fourth-order valence-corrected chi connectivity index (χ4v) is 3.73. The summed E-state index contributed by atoms with van der Waals surface area (Å²) in [6.45, 7) is 3.98. The van der Waals surface area contributed by atoms with Gasteiger partial charge in [0.2, 0.25) is 0 Å². The van der Waals surface area contributed by atoms with Crippen LogP contribution in [0.4, 0.5) is 15.9 Å². The quantitative estimate of drug-likeness (QED) is 0.445. The molecule has 0 saturated carbocycles. The number of methoxy groups -OCH3 is 1. The van der Waals surface area contributed by atoms with Crippen molar-refractivity contribution in [2.45, 2.75) is 32.7 Å². The van der Waals surface area contributed by atoms with Crippen LogP contribution in [0, 0.1) is 5.82 Å². The van der Waals surface area contributed by atoms with E-state index in [2.05, 4.69) is 64.6 Å². The predicted octanol–water partition coefficient (Wildman–Crippen LogP) is 4.04. The number of aromatic nitrogens is 2. The molecular weight excluding hydrogens is 433 g/mol.